The Balaban J connectivity index is 2.40. The fraction of sp³-hybridized carbons (Fsp3) is 0.417. The lowest BCUT2D eigenvalue weighted by atomic mass is 9.82. The Morgan fingerprint density at radius 3 is 3.00 bits per heavy atom. The summed E-state index contributed by atoms with van der Waals surface area (Å²) in [6.45, 7) is 2.93. The van der Waals surface area contributed by atoms with Crippen molar-refractivity contribution < 1.29 is 4.79 Å². The minimum absolute atomic E-state index is 0.290. The number of hydrogen-bond donors (Lipinski definition) is 1. The predicted molar refractivity (Wildman–Crippen MR) is 61.0 cm³/mol. The molecule has 1 atom stereocenters. The van der Waals surface area contributed by atoms with Gasteiger partial charge in [0, 0.05) is 18.5 Å². The minimum Gasteiger partial charge on any atom is -0.307 e. The van der Waals surface area contributed by atoms with Crippen molar-refractivity contribution in [2.45, 2.75) is 25.3 Å². The third-order valence-corrected chi connectivity index (χ3v) is 3.15. The van der Waals surface area contributed by atoms with E-state index in [1.54, 1.807) is 0 Å². The summed E-state index contributed by atoms with van der Waals surface area (Å²) in [6, 6.07) is 8.23. The monoisotopic (exact) mass is 223 g/mol. The second-order valence-corrected chi connectivity index (χ2v) is 4.62. The maximum absolute atomic E-state index is 11.1. The Morgan fingerprint density at radius 2 is 2.27 bits per heavy atom. The van der Waals surface area contributed by atoms with E-state index in [0.717, 1.165) is 13.0 Å². The standard InChI is InChI=1S/C12H14ClNO/c1-12(8-11(13)15)10-5-3-2-4-9(10)6-7-14-12/h2-5,14H,6-8H2,1H3. The summed E-state index contributed by atoms with van der Waals surface area (Å²) in [5, 5.41) is 3.09. The number of fused-ring (bicyclic) bond motifs is 1. The van der Waals surface area contributed by atoms with Crippen LogP contribution in [0, 0.1) is 0 Å². The highest BCUT2D eigenvalue weighted by atomic mass is 35.5. The van der Waals surface area contributed by atoms with E-state index in [4.69, 9.17) is 11.6 Å². The van der Waals surface area contributed by atoms with Crippen LogP contribution in [-0.2, 0) is 16.8 Å². The van der Waals surface area contributed by atoms with E-state index >= 15 is 0 Å². The Labute approximate surface area is 94.6 Å². The molecule has 1 aliphatic rings. The van der Waals surface area contributed by atoms with Crippen LogP contribution >= 0.6 is 11.6 Å². The topological polar surface area (TPSA) is 29.1 Å². The Kier molecular flexibility index (Phi) is 2.81. The molecule has 0 amide bonds. The summed E-state index contributed by atoms with van der Waals surface area (Å²) >= 11 is 5.49. The van der Waals surface area contributed by atoms with Crippen molar-refractivity contribution in [1.29, 1.82) is 0 Å². The normalized spacial score (nSPS) is 24.7. The quantitative estimate of drug-likeness (QED) is 0.779. The number of halogens is 1. The van der Waals surface area contributed by atoms with Crippen LogP contribution in [0.25, 0.3) is 0 Å². The first-order valence-electron chi connectivity index (χ1n) is 5.13. The van der Waals surface area contributed by atoms with E-state index in [2.05, 4.69) is 17.4 Å². The van der Waals surface area contributed by atoms with Gasteiger partial charge in [-0.25, -0.2) is 0 Å². The van der Waals surface area contributed by atoms with Gasteiger partial charge in [0.1, 0.15) is 0 Å². The minimum atomic E-state index is -0.298. The van der Waals surface area contributed by atoms with Crippen molar-refractivity contribution >= 4 is 16.8 Å². The second kappa shape index (κ2) is 3.95. The second-order valence-electron chi connectivity index (χ2n) is 4.20. The molecule has 1 aromatic carbocycles. The predicted octanol–water partition coefficient (Wildman–Crippen LogP) is 2.20. The number of rotatable bonds is 2. The van der Waals surface area contributed by atoms with E-state index in [1.165, 1.54) is 11.1 Å². The first-order valence-corrected chi connectivity index (χ1v) is 5.51. The van der Waals surface area contributed by atoms with Gasteiger partial charge in [-0.05, 0) is 36.1 Å². The summed E-state index contributed by atoms with van der Waals surface area (Å²) < 4.78 is 0. The van der Waals surface area contributed by atoms with Gasteiger partial charge in [-0.3, -0.25) is 4.79 Å². The third-order valence-electron chi connectivity index (χ3n) is 3.01. The van der Waals surface area contributed by atoms with Gasteiger partial charge in [-0.1, -0.05) is 24.3 Å². The van der Waals surface area contributed by atoms with Gasteiger partial charge in [0.15, 0.2) is 0 Å². The lowest BCUT2D eigenvalue weighted by molar-refractivity contribution is -0.113. The maximum atomic E-state index is 11.1. The van der Waals surface area contributed by atoms with Gasteiger partial charge >= 0.3 is 0 Å². The molecule has 1 heterocycles. The summed E-state index contributed by atoms with van der Waals surface area (Å²) in [6.07, 6.45) is 1.35. The van der Waals surface area contributed by atoms with Gasteiger partial charge < -0.3 is 5.32 Å². The molecule has 80 valence electrons. The molecule has 1 aromatic rings. The van der Waals surface area contributed by atoms with Crippen molar-refractivity contribution in [3.63, 3.8) is 0 Å². The van der Waals surface area contributed by atoms with Crippen LogP contribution in [-0.4, -0.2) is 11.8 Å². The molecule has 0 radical (unpaired) electrons. The lowest BCUT2D eigenvalue weighted by Crippen LogP contribution is -2.45. The molecule has 0 bridgehead atoms. The fourth-order valence-electron chi connectivity index (χ4n) is 2.28. The first kappa shape index (κ1) is 10.7. The molecular weight excluding hydrogens is 210 g/mol. The highest BCUT2D eigenvalue weighted by molar-refractivity contribution is 6.63. The number of nitrogens with one attached hydrogen (secondary N) is 1. The zero-order chi connectivity index (χ0) is 10.9. The van der Waals surface area contributed by atoms with Gasteiger partial charge in [0.25, 0.3) is 0 Å². The highest BCUT2D eigenvalue weighted by Gasteiger charge is 2.32. The third kappa shape index (κ3) is 2.06. The van der Waals surface area contributed by atoms with Crippen molar-refractivity contribution in [3.05, 3.63) is 35.4 Å². The molecule has 0 saturated heterocycles. The molecule has 15 heavy (non-hydrogen) atoms. The van der Waals surface area contributed by atoms with Crippen LogP contribution in [0.1, 0.15) is 24.5 Å². The molecule has 2 nitrogen and oxygen atoms in total. The van der Waals surface area contributed by atoms with Gasteiger partial charge in [-0.15, -0.1) is 0 Å². The molecular formula is C12H14ClNO. The van der Waals surface area contributed by atoms with E-state index < -0.39 is 0 Å². The van der Waals surface area contributed by atoms with Gasteiger partial charge in [0.05, 0.1) is 0 Å². The molecule has 3 heteroatoms. The van der Waals surface area contributed by atoms with Crippen LogP contribution in [0.3, 0.4) is 0 Å². The molecule has 0 aromatic heterocycles. The Morgan fingerprint density at radius 1 is 1.53 bits per heavy atom. The SMILES string of the molecule is CC1(CC(=O)Cl)NCCc2ccccc21. The van der Waals surface area contributed by atoms with Crippen molar-refractivity contribution in [2.24, 2.45) is 0 Å². The number of carbonyl (C=O) groups is 1. The molecule has 1 N–H and O–H groups in total. The van der Waals surface area contributed by atoms with E-state index in [0.29, 0.717) is 6.42 Å². The zero-order valence-corrected chi connectivity index (χ0v) is 9.47. The van der Waals surface area contributed by atoms with E-state index in [-0.39, 0.29) is 10.8 Å². The molecule has 0 aliphatic carbocycles. The van der Waals surface area contributed by atoms with E-state index in [9.17, 15) is 4.79 Å². The Hall–Kier alpha value is -0.860. The average Bonchev–Trinajstić information content (AvgIpc) is 2.17. The number of benzene rings is 1. The number of hydrogen-bond acceptors (Lipinski definition) is 2. The lowest BCUT2D eigenvalue weighted by Gasteiger charge is -2.36. The van der Waals surface area contributed by atoms with Crippen LogP contribution in [0.2, 0.25) is 0 Å². The smallest absolute Gasteiger partial charge is 0.223 e. The summed E-state index contributed by atoms with van der Waals surface area (Å²) in [5.41, 5.74) is 2.22. The first-order chi connectivity index (χ1) is 7.12. The number of carbonyl (C=O) groups excluding carboxylic acids is 1. The maximum Gasteiger partial charge on any atom is 0.223 e. The molecule has 0 fully saturated rings. The van der Waals surface area contributed by atoms with Crippen LogP contribution in [0.15, 0.2) is 24.3 Å². The van der Waals surface area contributed by atoms with Crippen LogP contribution in [0.5, 0.6) is 0 Å². The molecule has 1 unspecified atom stereocenters. The molecule has 0 spiro atoms. The molecule has 2 rings (SSSR count). The molecule has 0 saturated carbocycles. The van der Waals surface area contributed by atoms with E-state index in [1.807, 2.05) is 19.1 Å². The summed E-state index contributed by atoms with van der Waals surface area (Å²) in [7, 11) is 0. The van der Waals surface area contributed by atoms with Crippen molar-refractivity contribution in [3.8, 4) is 0 Å². The van der Waals surface area contributed by atoms with Gasteiger partial charge in [0.2, 0.25) is 5.24 Å². The largest absolute Gasteiger partial charge is 0.307 e. The highest BCUT2D eigenvalue weighted by Crippen LogP contribution is 2.31. The van der Waals surface area contributed by atoms with Crippen LogP contribution in [0.4, 0.5) is 0 Å². The van der Waals surface area contributed by atoms with Crippen molar-refractivity contribution in [2.75, 3.05) is 6.54 Å². The summed E-state index contributed by atoms with van der Waals surface area (Å²) in [5.74, 6) is 0. The van der Waals surface area contributed by atoms with Crippen molar-refractivity contribution in [1.82, 2.24) is 5.32 Å². The Bertz CT molecular complexity index is 391. The average molecular weight is 224 g/mol. The fourth-order valence-corrected chi connectivity index (χ4v) is 2.55. The van der Waals surface area contributed by atoms with Gasteiger partial charge in [-0.2, -0.15) is 0 Å². The van der Waals surface area contributed by atoms with Crippen LogP contribution < -0.4 is 5.32 Å². The molecule has 1 aliphatic heterocycles. The zero-order valence-electron chi connectivity index (χ0n) is 8.72. The summed E-state index contributed by atoms with van der Waals surface area (Å²) in [4.78, 5) is 11.1.